The molecule has 166 valence electrons. The number of carbonyl (C=O) groups excluding carboxylic acids is 1. The first kappa shape index (κ1) is 23.4. The van der Waals surface area contributed by atoms with Crippen LogP contribution in [0.1, 0.15) is 68.6 Å². The van der Waals surface area contributed by atoms with E-state index in [2.05, 4.69) is 19.1 Å². The van der Waals surface area contributed by atoms with Gasteiger partial charge in [-0.2, -0.15) is 0 Å². The SMILES string of the molecule is CCCCCC1CCC(/C=C/COc2ccc(C(=O)Oc3ccc(Cl)cc3)cc2)CC1. The summed E-state index contributed by atoms with van der Waals surface area (Å²) in [6.07, 6.45) is 15.3. The molecule has 4 heteroatoms. The number of esters is 1. The molecule has 31 heavy (non-hydrogen) atoms. The molecule has 2 aromatic carbocycles. The molecule has 0 aliphatic heterocycles. The number of benzene rings is 2. The average molecular weight is 441 g/mol. The average Bonchev–Trinajstić information content (AvgIpc) is 2.80. The Labute approximate surface area is 191 Å². The van der Waals surface area contributed by atoms with Gasteiger partial charge in [0.15, 0.2) is 0 Å². The van der Waals surface area contributed by atoms with Crippen LogP contribution in [-0.4, -0.2) is 12.6 Å². The lowest BCUT2D eigenvalue weighted by Crippen LogP contribution is -2.13. The third-order valence-corrected chi connectivity index (χ3v) is 6.23. The smallest absolute Gasteiger partial charge is 0.343 e. The molecule has 0 aromatic heterocycles. The molecule has 0 heterocycles. The van der Waals surface area contributed by atoms with Crippen LogP contribution in [0.15, 0.2) is 60.7 Å². The van der Waals surface area contributed by atoms with Crippen LogP contribution < -0.4 is 9.47 Å². The zero-order chi connectivity index (χ0) is 21.9. The third-order valence-electron chi connectivity index (χ3n) is 5.98. The van der Waals surface area contributed by atoms with E-state index >= 15 is 0 Å². The lowest BCUT2D eigenvalue weighted by molar-refractivity contribution is 0.0734. The molecule has 0 spiro atoms. The Kier molecular flexibility index (Phi) is 9.48. The first-order chi connectivity index (χ1) is 15.1. The van der Waals surface area contributed by atoms with Crippen LogP contribution in [0, 0.1) is 11.8 Å². The predicted octanol–water partition coefficient (Wildman–Crippen LogP) is 7.88. The second-order valence-corrected chi connectivity index (χ2v) is 8.82. The molecule has 0 radical (unpaired) electrons. The number of halogens is 1. The maximum atomic E-state index is 12.2. The van der Waals surface area contributed by atoms with E-state index in [4.69, 9.17) is 21.1 Å². The molecule has 2 aromatic rings. The molecular weight excluding hydrogens is 408 g/mol. The van der Waals surface area contributed by atoms with E-state index in [9.17, 15) is 4.79 Å². The molecule has 0 atom stereocenters. The summed E-state index contributed by atoms with van der Waals surface area (Å²) in [5.41, 5.74) is 0.480. The monoisotopic (exact) mass is 440 g/mol. The molecule has 1 saturated carbocycles. The minimum atomic E-state index is -0.404. The molecule has 3 rings (SSSR count). The van der Waals surface area contributed by atoms with Crippen LogP contribution in [0.5, 0.6) is 11.5 Å². The highest BCUT2D eigenvalue weighted by Crippen LogP contribution is 2.32. The molecule has 0 N–H and O–H groups in total. The zero-order valence-corrected chi connectivity index (χ0v) is 19.2. The lowest BCUT2D eigenvalue weighted by Gasteiger charge is -2.26. The lowest BCUT2D eigenvalue weighted by atomic mass is 9.79. The zero-order valence-electron chi connectivity index (χ0n) is 18.4. The van der Waals surface area contributed by atoms with Gasteiger partial charge < -0.3 is 9.47 Å². The van der Waals surface area contributed by atoms with Gasteiger partial charge in [-0.15, -0.1) is 0 Å². The third kappa shape index (κ3) is 8.06. The van der Waals surface area contributed by atoms with Gasteiger partial charge in [-0.1, -0.05) is 56.4 Å². The van der Waals surface area contributed by atoms with Crippen molar-refractivity contribution in [2.24, 2.45) is 11.8 Å². The fraction of sp³-hybridized carbons (Fsp3) is 0.444. The summed E-state index contributed by atoms with van der Waals surface area (Å²) in [7, 11) is 0. The van der Waals surface area contributed by atoms with E-state index in [1.54, 1.807) is 48.5 Å². The van der Waals surface area contributed by atoms with Gasteiger partial charge in [0.2, 0.25) is 0 Å². The summed E-state index contributed by atoms with van der Waals surface area (Å²) < 4.78 is 11.1. The predicted molar refractivity (Wildman–Crippen MR) is 127 cm³/mol. The Hall–Kier alpha value is -2.26. The van der Waals surface area contributed by atoms with Crippen molar-refractivity contribution in [1.82, 2.24) is 0 Å². The Morgan fingerprint density at radius 1 is 0.968 bits per heavy atom. The van der Waals surface area contributed by atoms with Gasteiger partial charge >= 0.3 is 5.97 Å². The summed E-state index contributed by atoms with van der Waals surface area (Å²) >= 11 is 5.85. The van der Waals surface area contributed by atoms with Gasteiger partial charge in [0.1, 0.15) is 18.1 Å². The molecule has 1 fully saturated rings. The van der Waals surface area contributed by atoms with Crippen LogP contribution in [0.2, 0.25) is 5.02 Å². The highest BCUT2D eigenvalue weighted by Gasteiger charge is 2.18. The molecule has 0 amide bonds. The van der Waals surface area contributed by atoms with Crippen molar-refractivity contribution in [3.05, 3.63) is 71.3 Å². The van der Waals surface area contributed by atoms with E-state index in [0.717, 1.165) is 11.7 Å². The van der Waals surface area contributed by atoms with Crippen LogP contribution in [0.4, 0.5) is 0 Å². The topological polar surface area (TPSA) is 35.5 Å². The van der Waals surface area contributed by atoms with Crippen molar-refractivity contribution in [3.63, 3.8) is 0 Å². The van der Waals surface area contributed by atoms with E-state index < -0.39 is 5.97 Å². The first-order valence-corrected chi connectivity index (χ1v) is 11.9. The summed E-state index contributed by atoms with van der Waals surface area (Å²) in [5.74, 6) is 2.44. The largest absolute Gasteiger partial charge is 0.490 e. The van der Waals surface area contributed by atoms with Crippen LogP contribution in [0.3, 0.4) is 0 Å². The molecule has 0 unspecified atom stereocenters. The van der Waals surface area contributed by atoms with Gasteiger partial charge in [-0.05, 0) is 86.1 Å². The van der Waals surface area contributed by atoms with Crippen molar-refractivity contribution in [3.8, 4) is 11.5 Å². The van der Waals surface area contributed by atoms with Crippen molar-refractivity contribution >= 4 is 17.6 Å². The van der Waals surface area contributed by atoms with E-state index in [1.165, 1.54) is 51.4 Å². The molecular formula is C27H33ClO3. The fourth-order valence-electron chi connectivity index (χ4n) is 4.10. The van der Waals surface area contributed by atoms with Crippen molar-refractivity contribution in [1.29, 1.82) is 0 Å². The van der Waals surface area contributed by atoms with Crippen LogP contribution in [-0.2, 0) is 0 Å². The van der Waals surface area contributed by atoms with Crippen molar-refractivity contribution < 1.29 is 14.3 Å². The summed E-state index contributed by atoms with van der Waals surface area (Å²) in [5, 5.41) is 0.602. The molecule has 3 nitrogen and oxygen atoms in total. The molecule has 1 aliphatic carbocycles. The summed E-state index contributed by atoms with van der Waals surface area (Å²) in [4.78, 5) is 12.2. The number of rotatable bonds is 10. The van der Waals surface area contributed by atoms with Gasteiger partial charge in [-0.25, -0.2) is 4.79 Å². The summed E-state index contributed by atoms with van der Waals surface area (Å²) in [6.45, 7) is 2.82. The highest BCUT2D eigenvalue weighted by atomic mass is 35.5. The maximum Gasteiger partial charge on any atom is 0.343 e. The normalized spacial score (nSPS) is 18.8. The number of allylic oxidation sites excluding steroid dienone is 1. The molecule has 0 saturated heterocycles. The maximum absolute atomic E-state index is 12.2. The highest BCUT2D eigenvalue weighted by molar-refractivity contribution is 6.30. The first-order valence-electron chi connectivity index (χ1n) is 11.5. The Morgan fingerprint density at radius 3 is 2.32 bits per heavy atom. The second-order valence-electron chi connectivity index (χ2n) is 8.38. The van der Waals surface area contributed by atoms with Crippen LogP contribution >= 0.6 is 11.6 Å². The van der Waals surface area contributed by atoms with Crippen LogP contribution in [0.25, 0.3) is 0 Å². The minimum Gasteiger partial charge on any atom is -0.490 e. The molecule has 1 aliphatic rings. The standard InChI is InChI=1S/C27H33ClO3/c1-2-3-4-6-21-8-10-22(11-9-21)7-5-20-30-25-16-12-23(13-17-25)27(29)31-26-18-14-24(28)15-19-26/h5,7,12-19,21-22H,2-4,6,8-11,20H2,1H3/b7-5+. The van der Waals surface area contributed by atoms with Gasteiger partial charge in [0, 0.05) is 5.02 Å². The Balaban J connectivity index is 1.36. The number of hydrogen-bond donors (Lipinski definition) is 0. The quantitative estimate of drug-likeness (QED) is 0.163. The Morgan fingerprint density at radius 2 is 1.65 bits per heavy atom. The molecule has 0 bridgehead atoms. The Bertz CT molecular complexity index is 819. The minimum absolute atomic E-state index is 0.404. The number of ether oxygens (including phenoxy) is 2. The van der Waals surface area contributed by atoms with Crippen molar-refractivity contribution in [2.75, 3.05) is 6.61 Å². The fourth-order valence-corrected chi connectivity index (χ4v) is 4.23. The van der Waals surface area contributed by atoms with Gasteiger partial charge in [0.05, 0.1) is 5.56 Å². The van der Waals surface area contributed by atoms with E-state index in [-0.39, 0.29) is 0 Å². The van der Waals surface area contributed by atoms with Gasteiger partial charge in [0.25, 0.3) is 0 Å². The van der Waals surface area contributed by atoms with Gasteiger partial charge in [-0.3, -0.25) is 0 Å². The number of unbranched alkanes of at least 4 members (excludes halogenated alkanes) is 2. The van der Waals surface area contributed by atoms with E-state index in [1.807, 2.05) is 0 Å². The van der Waals surface area contributed by atoms with Crippen molar-refractivity contribution in [2.45, 2.75) is 58.3 Å². The second kappa shape index (κ2) is 12.6. The number of carbonyl (C=O) groups is 1. The summed E-state index contributed by atoms with van der Waals surface area (Å²) in [6, 6.07) is 13.8. The van der Waals surface area contributed by atoms with E-state index in [0.29, 0.717) is 28.9 Å². The number of hydrogen-bond acceptors (Lipinski definition) is 3.